The highest BCUT2D eigenvalue weighted by Gasteiger charge is 2.27. The van der Waals surface area contributed by atoms with Gasteiger partial charge in [0.05, 0.1) is 6.04 Å². The molecule has 1 aliphatic rings. The highest BCUT2D eigenvalue weighted by molar-refractivity contribution is 5.56. The van der Waals surface area contributed by atoms with Crippen LogP contribution in [0.2, 0.25) is 0 Å². The van der Waals surface area contributed by atoms with Gasteiger partial charge in [0.15, 0.2) is 0 Å². The van der Waals surface area contributed by atoms with E-state index in [-0.39, 0.29) is 0 Å². The second kappa shape index (κ2) is 5.93. The van der Waals surface area contributed by atoms with Crippen LogP contribution in [-0.2, 0) is 0 Å². The van der Waals surface area contributed by atoms with Crippen LogP contribution in [0.5, 0.6) is 0 Å². The van der Waals surface area contributed by atoms with Crippen molar-refractivity contribution in [3.8, 4) is 0 Å². The standard InChI is InChI=1S/C16H27N3/c1-12-6-7-13(2)16(8-12)19-10-14(3)17-9-15(19)11-18(4)5/h6-8,14-15,17H,9-11H2,1-5H3. The van der Waals surface area contributed by atoms with Gasteiger partial charge in [-0.15, -0.1) is 0 Å². The lowest BCUT2D eigenvalue weighted by Crippen LogP contribution is -2.58. The van der Waals surface area contributed by atoms with Crippen LogP contribution in [0.1, 0.15) is 18.1 Å². The summed E-state index contributed by atoms with van der Waals surface area (Å²) in [7, 11) is 4.30. The lowest BCUT2D eigenvalue weighted by Gasteiger charge is -2.42. The zero-order chi connectivity index (χ0) is 14.0. The minimum absolute atomic E-state index is 0.548. The number of anilines is 1. The molecule has 0 aromatic heterocycles. The number of hydrogen-bond acceptors (Lipinski definition) is 3. The fraction of sp³-hybridized carbons (Fsp3) is 0.625. The highest BCUT2D eigenvalue weighted by atomic mass is 15.3. The van der Waals surface area contributed by atoms with E-state index in [0.29, 0.717) is 12.1 Å². The van der Waals surface area contributed by atoms with Crippen molar-refractivity contribution in [2.45, 2.75) is 32.9 Å². The normalized spacial score (nSPS) is 24.0. The molecule has 1 aromatic carbocycles. The maximum absolute atomic E-state index is 3.60. The molecule has 1 fully saturated rings. The summed E-state index contributed by atoms with van der Waals surface area (Å²) >= 11 is 0. The molecule has 0 amide bonds. The highest BCUT2D eigenvalue weighted by Crippen LogP contribution is 2.25. The fourth-order valence-corrected chi connectivity index (χ4v) is 2.86. The number of aryl methyl sites for hydroxylation is 2. The number of benzene rings is 1. The Morgan fingerprint density at radius 2 is 2.05 bits per heavy atom. The topological polar surface area (TPSA) is 18.5 Å². The van der Waals surface area contributed by atoms with Crippen molar-refractivity contribution < 1.29 is 0 Å². The van der Waals surface area contributed by atoms with Crippen molar-refractivity contribution in [3.05, 3.63) is 29.3 Å². The molecule has 0 bridgehead atoms. The Hall–Kier alpha value is -1.06. The predicted molar refractivity (Wildman–Crippen MR) is 83.1 cm³/mol. The molecule has 0 radical (unpaired) electrons. The Labute approximate surface area is 117 Å². The van der Waals surface area contributed by atoms with Gasteiger partial charge < -0.3 is 15.1 Å². The minimum atomic E-state index is 0.548. The van der Waals surface area contributed by atoms with Crippen molar-refractivity contribution in [3.63, 3.8) is 0 Å². The second-order valence-corrected chi connectivity index (χ2v) is 6.17. The molecule has 1 aliphatic heterocycles. The molecule has 1 N–H and O–H groups in total. The van der Waals surface area contributed by atoms with Crippen LogP contribution < -0.4 is 10.2 Å². The maximum atomic E-state index is 3.60. The lowest BCUT2D eigenvalue weighted by atomic mass is 10.0. The van der Waals surface area contributed by atoms with Crippen molar-refractivity contribution in [1.29, 1.82) is 0 Å². The monoisotopic (exact) mass is 261 g/mol. The number of nitrogens with one attached hydrogen (secondary N) is 1. The van der Waals surface area contributed by atoms with Crippen LogP contribution in [0.15, 0.2) is 18.2 Å². The van der Waals surface area contributed by atoms with Gasteiger partial charge in [-0.25, -0.2) is 0 Å². The Morgan fingerprint density at radius 3 is 2.74 bits per heavy atom. The largest absolute Gasteiger partial charge is 0.364 e. The molecule has 0 saturated carbocycles. The summed E-state index contributed by atoms with van der Waals surface area (Å²) in [5, 5.41) is 3.60. The van der Waals surface area contributed by atoms with E-state index in [1.165, 1.54) is 16.8 Å². The van der Waals surface area contributed by atoms with Crippen molar-refractivity contribution in [2.75, 3.05) is 38.6 Å². The summed E-state index contributed by atoms with van der Waals surface area (Å²) in [6.07, 6.45) is 0. The first-order valence-corrected chi connectivity index (χ1v) is 7.19. The van der Waals surface area contributed by atoms with E-state index in [9.17, 15) is 0 Å². The van der Waals surface area contributed by atoms with Crippen LogP contribution in [0, 0.1) is 13.8 Å². The fourth-order valence-electron chi connectivity index (χ4n) is 2.86. The van der Waals surface area contributed by atoms with Gasteiger partial charge in [-0.1, -0.05) is 12.1 Å². The smallest absolute Gasteiger partial charge is 0.0542 e. The average Bonchev–Trinajstić information content (AvgIpc) is 2.34. The van der Waals surface area contributed by atoms with Crippen LogP contribution in [-0.4, -0.2) is 50.7 Å². The van der Waals surface area contributed by atoms with Crippen molar-refractivity contribution in [1.82, 2.24) is 10.2 Å². The van der Waals surface area contributed by atoms with E-state index in [1.807, 2.05) is 0 Å². The molecule has 0 aliphatic carbocycles. The molecule has 1 heterocycles. The zero-order valence-corrected chi connectivity index (χ0v) is 12.9. The van der Waals surface area contributed by atoms with Gasteiger partial charge in [-0.3, -0.25) is 0 Å². The van der Waals surface area contributed by atoms with E-state index in [1.54, 1.807) is 0 Å². The van der Waals surface area contributed by atoms with E-state index in [0.717, 1.165) is 19.6 Å². The molecule has 3 nitrogen and oxygen atoms in total. The van der Waals surface area contributed by atoms with Crippen LogP contribution in [0.4, 0.5) is 5.69 Å². The number of piperazine rings is 1. The Bertz CT molecular complexity index is 428. The molecule has 19 heavy (non-hydrogen) atoms. The SMILES string of the molecule is Cc1ccc(C)c(N2CC(C)NCC2CN(C)C)c1. The predicted octanol–water partition coefficient (Wildman–Crippen LogP) is 2.03. The van der Waals surface area contributed by atoms with Gasteiger partial charge in [0.1, 0.15) is 0 Å². The third-order valence-corrected chi connectivity index (χ3v) is 3.86. The molecular weight excluding hydrogens is 234 g/mol. The van der Waals surface area contributed by atoms with Crippen LogP contribution in [0.3, 0.4) is 0 Å². The van der Waals surface area contributed by atoms with Gasteiger partial charge >= 0.3 is 0 Å². The Balaban J connectivity index is 2.28. The van der Waals surface area contributed by atoms with Crippen molar-refractivity contribution >= 4 is 5.69 Å². The average molecular weight is 261 g/mol. The summed E-state index contributed by atoms with van der Waals surface area (Å²) in [5.41, 5.74) is 4.12. The third-order valence-electron chi connectivity index (χ3n) is 3.86. The minimum Gasteiger partial charge on any atom is -0.364 e. The maximum Gasteiger partial charge on any atom is 0.0542 e. The van der Waals surface area contributed by atoms with E-state index >= 15 is 0 Å². The summed E-state index contributed by atoms with van der Waals surface area (Å²) in [6, 6.07) is 7.87. The second-order valence-electron chi connectivity index (χ2n) is 6.17. The molecule has 3 heteroatoms. The van der Waals surface area contributed by atoms with Gasteiger partial charge in [0.2, 0.25) is 0 Å². The first kappa shape index (κ1) is 14.4. The molecular formula is C16H27N3. The molecule has 2 atom stereocenters. The molecule has 1 aromatic rings. The first-order valence-electron chi connectivity index (χ1n) is 7.19. The van der Waals surface area contributed by atoms with Gasteiger partial charge in [0, 0.05) is 31.4 Å². The molecule has 2 unspecified atom stereocenters. The van der Waals surface area contributed by atoms with E-state index in [2.05, 4.69) is 68.2 Å². The first-order chi connectivity index (χ1) is 8.97. The Kier molecular flexibility index (Phi) is 4.48. The molecule has 0 spiro atoms. The van der Waals surface area contributed by atoms with E-state index in [4.69, 9.17) is 0 Å². The molecule has 1 saturated heterocycles. The number of likely N-dealkylation sites (N-methyl/N-ethyl adjacent to an activating group) is 1. The van der Waals surface area contributed by atoms with E-state index < -0.39 is 0 Å². The molecule has 2 rings (SSSR count). The van der Waals surface area contributed by atoms with Crippen molar-refractivity contribution in [2.24, 2.45) is 0 Å². The number of rotatable bonds is 3. The quantitative estimate of drug-likeness (QED) is 0.898. The summed E-state index contributed by atoms with van der Waals surface area (Å²) < 4.78 is 0. The molecule has 106 valence electrons. The van der Waals surface area contributed by atoms with Gasteiger partial charge in [-0.05, 0) is 52.1 Å². The van der Waals surface area contributed by atoms with Crippen LogP contribution in [0.25, 0.3) is 0 Å². The summed E-state index contributed by atoms with van der Waals surface area (Å²) in [5.74, 6) is 0. The Morgan fingerprint density at radius 1 is 1.32 bits per heavy atom. The van der Waals surface area contributed by atoms with Crippen LogP contribution >= 0.6 is 0 Å². The lowest BCUT2D eigenvalue weighted by molar-refractivity contribution is 0.316. The zero-order valence-electron chi connectivity index (χ0n) is 12.9. The number of nitrogens with zero attached hydrogens (tertiary/aromatic N) is 2. The van der Waals surface area contributed by atoms with Gasteiger partial charge in [-0.2, -0.15) is 0 Å². The van der Waals surface area contributed by atoms with Gasteiger partial charge in [0.25, 0.3) is 0 Å². The third kappa shape index (κ3) is 3.48. The number of hydrogen-bond donors (Lipinski definition) is 1. The summed E-state index contributed by atoms with van der Waals surface area (Å²) in [4.78, 5) is 4.87. The summed E-state index contributed by atoms with van der Waals surface area (Å²) in [6.45, 7) is 9.90.